The first kappa shape index (κ1) is 15.3. The summed E-state index contributed by atoms with van der Waals surface area (Å²) < 4.78 is 0. The fourth-order valence-electron chi connectivity index (χ4n) is 1.96. The molecule has 5 heteroatoms. The van der Waals surface area contributed by atoms with E-state index in [4.69, 9.17) is 5.11 Å². The molecule has 2 rings (SSSR count). The number of carbonyl (C=O) groups is 2. The van der Waals surface area contributed by atoms with Crippen LogP contribution in [-0.2, 0) is 24.2 Å². The van der Waals surface area contributed by atoms with Gasteiger partial charge in [-0.1, -0.05) is 19.1 Å². The Bertz CT molecular complexity index is 648. The van der Waals surface area contributed by atoms with Gasteiger partial charge in [0.05, 0.1) is 18.5 Å². The zero-order valence-corrected chi connectivity index (χ0v) is 12.6. The molecule has 2 aromatic rings. The molecule has 0 aliphatic heterocycles. The van der Waals surface area contributed by atoms with Crippen LogP contribution < -0.4 is 5.32 Å². The Kier molecular flexibility index (Phi) is 5.11. The van der Waals surface area contributed by atoms with Gasteiger partial charge in [0.1, 0.15) is 0 Å². The number of hydrogen-bond acceptors (Lipinski definition) is 3. The quantitative estimate of drug-likeness (QED) is 0.862. The van der Waals surface area contributed by atoms with Crippen molar-refractivity contribution in [2.24, 2.45) is 0 Å². The average Bonchev–Trinajstić information content (AvgIpc) is 2.93. The largest absolute Gasteiger partial charge is 0.478 e. The van der Waals surface area contributed by atoms with E-state index in [1.54, 1.807) is 23.5 Å². The molecule has 1 aromatic heterocycles. The van der Waals surface area contributed by atoms with E-state index in [0.717, 1.165) is 11.3 Å². The van der Waals surface area contributed by atoms with Crippen molar-refractivity contribution >= 4 is 23.2 Å². The maximum absolute atomic E-state index is 11.9. The van der Waals surface area contributed by atoms with E-state index in [0.29, 0.717) is 12.1 Å². The van der Waals surface area contributed by atoms with Gasteiger partial charge in [-0.3, -0.25) is 4.79 Å². The molecule has 0 fully saturated rings. The first-order valence-corrected chi connectivity index (χ1v) is 7.56. The zero-order chi connectivity index (χ0) is 15.2. The number of carboxylic acids is 1. The molecule has 0 unspecified atom stereocenters. The highest BCUT2D eigenvalue weighted by Crippen LogP contribution is 2.16. The molecule has 21 heavy (non-hydrogen) atoms. The number of rotatable bonds is 6. The number of carboxylic acid groups (broad SMARTS) is 1. The van der Waals surface area contributed by atoms with Crippen molar-refractivity contribution in [1.82, 2.24) is 5.32 Å². The number of benzene rings is 1. The third kappa shape index (κ3) is 4.43. The van der Waals surface area contributed by atoms with Crippen molar-refractivity contribution in [2.75, 3.05) is 0 Å². The SMILES string of the molecule is CCc1ccc(CNC(=O)Cc2cccc(C(=O)O)c2)s1. The molecule has 0 aliphatic rings. The molecule has 0 saturated carbocycles. The van der Waals surface area contributed by atoms with Gasteiger partial charge in [0.2, 0.25) is 5.91 Å². The number of nitrogens with one attached hydrogen (secondary N) is 1. The van der Waals surface area contributed by atoms with Crippen LogP contribution in [0, 0.1) is 0 Å². The number of carbonyl (C=O) groups excluding carboxylic acids is 1. The Morgan fingerprint density at radius 2 is 1.95 bits per heavy atom. The number of hydrogen-bond donors (Lipinski definition) is 2. The van der Waals surface area contributed by atoms with Crippen molar-refractivity contribution in [1.29, 1.82) is 0 Å². The van der Waals surface area contributed by atoms with E-state index in [9.17, 15) is 9.59 Å². The third-order valence-electron chi connectivity index (χ3n) is 3.06. The molecule has 110 valence electrons. The van der Waals surface area contributed by atoms with Crippen molar-refractivity contribution in [3.8, 4) is 0 Å². The highest BCUT2D eigenvalue weighted by molar-refractivity contribution is 7.11. The van der Waals surface area contributed by atoms with Crippen LogP contribution in [0.25, 0.3) is 0 Å². The summed E-state index contributed by atoms with van der Waals surface area (Å²) in [5.41, 5.74) is 0.902. The smallest absolute Gasteiger partial charge is 0.335 e. The van der Waals surface area contributed by atoms with E-state index in [2.05, 4.69) is 18.3 Å². The van der Waals surface area contributed by atoms with Crippen molar-refractivity contribution in [3.05, 3.63) is 57.3 Å². The summed E-state index contributed by atoms with van der Waals surface area (Å²) in [6.07, 6.45) is 1.19. The lowest BCUT2D eigenvalue weighted by molar-refractivity contribution is -0.120. The summed E-state index contributed by atoms with van der Waals surface area (Å²) in [6.45, 7) is 2.62. The number of aryl methyl sites for hydroxylation is 1. The van der Waals surface area contributed by atoms with Gasteiger partial charge in [-0.15, -0.1) is 11.3 Å². The van der Waals surface area contributed by atoms with E-state index in [1.165, 1.54) is 17.0 Å². The minimum Gasteiger partial charge on any atom is -0.478 e. The van der Waals surface area contributed by atoms with Crippen LogP contribution in [0.1, 0.15) is 32.6 Å². The number of aromatic carboxylic acids is 1. The monoisotopic (exact) mass is 303 g/mol. The Morgan fingerprint density at radius 3 is 2.62 bits per heavy atom. The predicted molar refractivity (Wildman–Crippen MR) is 82.6 cm³/mol. The second kappa shape index (κ2) is 7.04. The molecular weight excluding hydrogens is 286 g/mol. The van der Waals surface area contributed by atoms with Gasteiger partial charge in [-0.25, -0.2) is 4.79 Å². The molecule has 0 spiro atoms. The van der Waals surface area contributed by atoms with Crippen molar-refractivity contribution in [3.63, 3.8) is 0 Å². The average molecular weight is 303 g/mol. The molecule has 1 heterocycles. The highest BCUT2D eigenvalue weighted by atomic mass is 32.1. The van der Waals surface area contributed by atoms with Gasteiger partial charge in [-0.05, 0) is 36.2 Å². The van der Waals surface area contributed by atoms with E-state index >= 15 is 0 Å². The lowest BCUT2D eigenvalue weighted by Crippen LogP contribution is -2.24. The summed E-state index contributed by atoms with van der Waals surface area (Å²) in [4.78, 5) is 25.2. The lowest BCUT2D eigenvalue weighted by Gasteiger charge is -2.05. The van der Waals surface area contributed by atoms with Gasteiger partial charge in [0, 0.05) is 9.75 Å². The lowest BCUT2D eigenvalue weighted by atomic mass is 10.1. The van der Waals surface area contributed by atoms with Crippen LogP contribution in [0.15, 0.2) is 36.4 Å². The van der Waals surface area contributed by atoms with E-state index in [-0.39, 0.29) is 17.9 Å². The van der Waals surface area contributed by atoms with Crippen LogP contribution in [0.2, 0.25) is 0 Å². The summed E-state index contributed by atoms with van der Waals surface area (Å²) in [7, 11) is 0. The van der Waals surface area contributed by atoms with Gasteiger partial charge >= 0.3 is 5.97 Å². The van der Waals surface area contributed by atoms with Crippen molar-refractivity contribution in [2.45, 2.75) is 26.3 Å². The summed E-state index contributed by atoms with van der Waals surface area (Å²) in [5, 5.41) is 11.8. The van der Waals surface area contributed by atoms with Gasteiger partial charge in [-0.2, -0.15) is 0 Å². The Balaban J connectivity index is 1.89. The second-order valence-corrected chi connectivity index (χ2v) is 5.93. The maximum Gasteiger partial charge on any atom is 0.335 e. The third-order valence-corrected chi connectivity index (χ3v) is 4.29. The fraction of sp³-hybridized carbons (Fsp3) is 0.250. The molecule has 0 radical (unpaired) electrons. The van der Waals surface area contributed by atoms with E-state index in [1.807, 2.05) is 6.07 Å². The fourth-order valence-corrected chi connectivity index (χ4v) is 2.85. The Labute approximate surface area is 127 Å². The molecule has 1 amide bonds. The molecule has 1 aromatic carbocycles. The van der Waals surface area contributed by atoms with Crippen LogP contribution in [-0.4, -0.2) is 17.0 Å². The minimum absolute atomic E-state index is 0.107. The normalized spacial score (nSPS) is 10.3. The van der Waals surface area contributed by atoms with Gasteiger partial charge in [0.25, 0.3) is 0 Å². The first-order valence-electron chi connectivity index (χ1n) is 6.75. The molecule has 0 atom stereocenters. The first-order chi connectivity index (χ1) is 10.1. The second-order valence-electron chi connectivity index (χ2n) is 4.68. The summed E-state index contributed by atoms with van der Waals surface area (Å²) >= 11 is 1.70. The Morgan fingerprint density at radius 1 is 1.19 bits per heavy atom. The summed E-state index contributed by atoms with van der Waals surface area (Å²) in [6, 6.07) is 10.5. The van der Waals surface area contributed by atoms with Gasteiger partial charge in [0.15, 0.2) is 0 Å². The van der Waals surface area contributed by atoms with Crippen LogP contribution in [0.5, 0.6) is 0 Å². The number of thiophene rings is 1. The minimum atomic E-state index is -0.983. The highest BCUT2D eigenvalue weighted by Gasteiger charge is 2.07. The molecule has 2 N–H and O–H groups in total. The molecule has 0 aliphatic carbocycles. The summed E-state index contributed by atoms with van der Waals surface area (Å²) in [5.74, 6) is -1.09. The Hall–Kier alpha value is -2.14. The van der Waals surface area contributed by atoms with Crippen LogP contribution in [0.4, 0.5) is 0 Å². The van der Waals surface area contributed by atoms with E-state index < -0.39 is 5.97 Å². The molecule has 4 nitrogen and oxygen atoms in total. The van der Waals surface area contributed by atoms with Crippen LogP contribution in [0.3, 0.4) is 0 Å². The van der Waals surface area contributed by atoms with Gasteiger partial charge < -0.3 is 10.4 Å². The standard InChI is InChI=1S/C16H17NO3S/c1-2-13-6-7-14(21-13)10-17-15(18)9-11-4-3-5-12(8-11)16(19)20/h3-8H,2,9-10H2,1H3,(H,17,18)(H,19,20). The molecular formula is C16H17NO3S. The maximum atomic E-state index is 11.9. The topological polar surface area (TPSA) is 66.4 Å². The zero-order valence-electron chi connectivity index (χ0n) is 11.8. The molecule has 0 bridgehead atoms. The van der Waals surface area contributed by atoms with Crippen LogP contribution >= 0.6 is 11.3 Å². The van der Waals surface area contributed by atoms with Crippen molar-refractivity contribution < 1.29 is 14.7 Å². The predicted octanol–water partition coefficient (Wildman–Crippen LogP) is 2.87. The molecule has 0 saturated heterocycles. The number of amides is 1.